The number of anilines is 1. The molecular weight excluding hydrogens is 460 g/mol. The first-order chi connectivity index (χ1) is 15.0. The molecule has 4 rings (SSSR count). The highest BCUT2D eigenvalue weighted by atomic mass is 79.9. The molecule has 1 N–H and O–H groups in total. The summed E-state index contributed by atoms with van der Waals surface area (Å²) in [5.41, 5.74) is 2.72. The van der Waals surface area contributed by atoms with Gasteiger partial charge in [-0.05, 0) is 74.8 Å². The zero-order valence-electron chi connectivity index (χ0n) is 17.6. The number of rotatable bonds is 6. The maximum absolute atomic E-state index is 12.8. The molecular formula is C23H25BrN4O3. The third-order valence-electron chi connectivity index (χ3n) is 5.50. The summed E-state index contributed by atoms with van der Waals surface area (Å²) < 4.78 is 11.8. The van der Waals surface area contributed by atoms with Crippen LogP contribution in [0.4, 0.5) is 5.69 Å². The summed E-state index contributed by atoms with van der Waals surface area (Å²) in [5.74, 6) is 1.87. The Hall–Kier alpha value is -2.71. The molecule has 7 nitrogen and oxygen atoms in total. The summed E-state index contributed by atoms with van der Waals surface area (Å²) in [7, 11) is 1.61. The van der Waals surface area contributed by atoms with Crippen molar-refractivity contribution in [2.75, 3.05) is 25.5 Å². The van der Waals surface area contributed by atoms with E-state index in [0.717, 1.165) is 47.2 Å². The average Bonchev–Trinajstić information content (AvgIpc) is 3.23. The van der Waals surface area contributed by atoms with Gasteiger partial charge in [0.1, 0.15) is 5.75 Å². The lowest BCUT2D eigenvalue weighted by Gasteiger charge is -2.30. The molecule has 2 heterocycles. The fraction of sp³-hybridized carbons (Fsp3) is 0.348. The number of nitrogens with zero attached hydrogens (tertiary/aromatic N) is 3. The molecule has 1 aliphatic heterocycles. The highest BCUT2D eigenvalue weighted by Gasteiger charge is 2.26. The van der Waals surface area contributed by atoms with Crippen molar-refractivity contribution in [2.45, 2.75) is 26.3 Å². The monoisotopic (exact) mass is 484 g/mol. The van der Waals surface area contributed by atoms with Gasteiger partial charge in [0, 0.05) is 16.0 Å². The molecule has 0 aliphatic carbocycles. The molecule has 162 valence electrons. The fourth-order valence-corrected chi connectivity index (χ4v) is 4.00. The first-order valence-electron chi connectivity index (χ1n) is 10.3. The largest absolute Gasteiger partial charge is 0.495 e. The molecule has 8 heteroatoms. The second kappa shape index (κ2) is 9.62. The normalized spacial score (nSPS) is 15.1. The van der Waals surface area contributed by atoms with E-state index in [0.29, 0.717) is 24.0 Å². The van der Waals surface area contributed by atoms with Gasteiger partial charge in [-0.25, -0.2) is 0 Å². The lowest BCUT2D eigenvalue weighted by Crippen LogP contribution is -2.37. The van der Waals surface area contributed by atoms with Gasteiger partial charge < -0.3 is 14.6 Å². The topological polar surface area (TPSA) is 80.5 Å². The van der Waals surface area contributed by atoms with Crippen LogP contribution in [-0.4, -0.2) is 41.1 Å². The summed E-state index contributed by atoms with van der Waals surface area (Å²) in [6.07, 6.45) is 1.57. The molecule has 0 spiro atoms. The maximum atomic E-state index is 12.8. The third-order valence-corrected chi connectivity index (χ3v) is 6.03. The third kappa shape index (κ3) is 5.32. The predicted molar refractivity (Wildman–Crippen MR) is 122 cm³/mol. The zero-order chi connectivity index (χ0) is 21.8. The van der Waals surface area contributed by atoms with Crippen LogP contribution in [0.25, 0.3) is 11.4 Å². The van der Waals surface area contributed by atoms with E-state index in [1.165, 1.54) is 0 Å². The fourth-order valence-electron chi connectivity index (χ4n) is 3.73. The maximum Gasteiger partial charge on any atom is 0.241 e. The molecule has 1 amide bonds. The molecule has 0 bridgehead atoms. The number of nitrogens with one attached hydrogen (secondary N) is 1. The molecule has 0 radical (unpaired) electrons. The van der Waals surface area contributed by atoms with E-state index in [1.54, 1.807) is 7.11 Å². The smallest absolute Gasteiger partial charge is 0.241 e. The minimum atomic E-state index is -0.0255. The van der Waals surface area contributed by atoms with Crippen LogP contribution >= 0.6 is 15.9 Å². The molecule has 1 fully saturated rings. The number of aromatic nitrogens is 2. The first kappa shape index (κ1) is 21.5. The number of likely N-dealkylation sites (tertiary alicyclic amines) is 1. The van der Waals surface area contributed by atoms with E-state index in [9.17, 15) is 4.79 Å². The number of halogens is 1. The summed E-state index contributed by atoms with van der Waals surface area (Å²) in [6.45, 7) is 4.19. The van der Waals surface area contributed by atoms with Crippen molar-refractivity contribution >= 4 is 27.5 Å². The van der Waals surface area contributed by atoms with Gasteiger partial charge in [0.2, 0.25) is 17.6 Å². The average molecular weight is 485 g/mol. The number of hydrogen-bond acceptors (Lipinski definition) is 6. The molecule has 0 atom stereocenters. The standard InChI is InChI=1S/C23H25BrN4O3/c1-15-3-8-20(30-2)19(13-15)25-23(29)17-9-11-28(12-10-17)14-21-26-22(27-31-21)16-4-6-18(24)7-5-16/h3-8,13,17H,9-12,14H2,1-2H3,(H,25,29). The van der Waals surface area contributed by atoms with Gasteiger partial charge in [0.15, 0.2) is 0 Å². The molecule has 31 heavy (non-hydrogen) atoms. The number of ether oxygens (including phenoxy) is 1. The van der Waals surface area contributed by atoms with Crippen molar-refractivity contribution in [3.05, 3.63) is 58.4 Å². The van der Waals surface area contributed by atoms with E-state index in [2.05, 4.69) is 36.3 Å². The Morgan fingerprint density at radius 3 is 2.68 bits per heavy atom. The first-order valence-corrected chi connectivity index (χ1v) is 11.1. The molecule has 1 aromatic heterocycles. The van der Waals surface area contributed by atoms with Crippen LogP contribution in [0.1, 0.15) is 24.3 Å². The van der Waals surface area contributed by atoms with Gasteiger partial charge in [0.25, 0.3) is 0 Å². The molecule has 1 aliphatic rings. The van der Waals surface area contributed by atoms with Gasteiger partial charge in [-0.3, -0.25) is 9.69 Å². The lowest BCUT2D eigenvalue weighted by atomic mass is 9.95. The Morgan fingerprint density at radius 1 is 1.23 bits per heavy atom. The summed E-state index contributed by atoms with van der Waals surface area (Å²) in [5, 5.41) is 7.13. The molecule has 2 aromatic carbocycles. The Bertz CT molecular complexity index is 1040. The van der Waals surface area contributed by atoms with Crippen LogP contribution in [0.5, 0.6) is 5.75 Å². The number of carbonyl (C=O) groups excluding carboxylic acids is 1. The molecule has 0 saturated carbocycles. The number of aryl methyl sites for hydroxylation is 1. The van der Waals surface area contributed by atoms with Crippen LogP contribution in [0.15, 0.2) is 51.5 Å². The summed E-state index contributed by atoms with van der Waals surface area (Å²) >= 11 is 3.43. The minimum absolute atomic E-state index is 0.0255. The Labute approximate surface area is 189 Å². The molecule has 1 saturated heterocycles. The van der Waals surface area contributed by atoms with Crippen LogP contribution in [-0.2, 0) is 11.3 Å². The number of amides is 1. The number of methoxy groups -OCH3 is 1. The highest BCUT2D eigenvalue weighted by molar-refractivity contribution is 9.10. The lowest BCUT2D eigenvalue weighted by molar-refractivity contribution is -0.121. The van der Waals surface area contributed by atoms with E-state index < -0.39 is 0 Å². The SMILES string of the molecule is COc1ccc(C)cc1NC(=O)C1CCN(Cc2nc(-c3ccc(Br)cc3)no2)CC1. The van der Waals surface area contributed by atoms with Crippen molar-refractivity contribution in [3.63, 3.8) is 0 Å². The van der Waals surface area contributed by atoms with E-state index in [1.807, 2.05) is 49.4 Å². The predicted octanol–water partition coefficient (Wildman–Crippen LogP) is 4.67. The van der Waals surface area contributed by atoms with Crippen LogP contribution in [0, 0.1) is 12.8 Å². The van der Waals surface area contributed by atoms with E-state index >= 15 is 0 Å². The number of hydrogen-bond donors (Lipinski definition) is 1. The molecule has 3 aromatic rings. The number of benzene rings is 2. The van der Waals surface area contributed by atoms with Crippen molar-refractivity contribution in [2.24, 2.45) is 5.92 Å². The van der Waals surface area contributed by atoms with Crippen molar-refractivity contribution in [3.8, 4) is 17.1 Å². The van der Waals surface area contributed by atoms with Crippen molar-refractivity contribution in [1.82, 2.24) is 15.0 Å². The number of carbonyl (C=O) groups is 1. The van der Waals surface area contributed by atoms with E-state index in [-0.39, 0.29) is 11.8 Å². The van der Waals surface area contributed by atoms with Crippen LogP contribution in [0.3, 0.4) is 0 Å². The van der Waals surface area contributed by atoms with Gasteiger partial charge in [0.05, 0.1) is 19.3 Å². The highest BCUT2D eigenvalue weighted by Crippen LogP contribution is 2.28. The summed E-state index contributed by atoms with van der Waals surface area (Å²) in [4.78, 5) is 19.5. The Balaban J connectivity index is 1.30. The van der Waals surface area contributed by atoms with Crippen molar-refractivity contribution in [1.29, 1.82) is 0 Å². The Kier molecular flexibility index (Phi) is 6.67. The van der Waals surface area contributed by atoms with Gasteiger partial charge in [-0.2, -0.15) is 4.98 Å². The zero-order valence-corrected chi connectivity index (χ0v) is 19.2. The second-order valence-corrected chi connectivity index (χ2v) is 8.68. The van der Waals surface area contributed by atoms with Gasteiger partial charge >= 0.3 is 0 Å². The quantitative estimate of drug-likeness (QED) is 0.547. The summed E-state index contributed by atoms with van der Waals surface area (Å²) in [6, 6.07) is 13.6. The van der Waals surface area contributed by atoms with Crippen LogP contribution in [0.2, 0.25) is 0 Å². The molecule has 0 unspecified atom stereocenters. The van der Waals surface area contributed by atoms with Gasteiger partial charge in [-0.1, -0.05) is 27.2 Å². The second-order valence-electron chi connectivity index (χ2n) is 7.76. The van der Waals surface area contributed by atoms with Gasteiger partial charge in [-0.15, -0.1) is 0 Å². The van der Waals surface area contributed by atoms with Crippen LogP contribution < -0.4 is 10.1 Å². The van der Waals surface area contributed by atoms with Crippen molar-refractivity contribution < 1.29 is 14.1 Å². The minimum Gasteiger partial charge on any atom is -0.495 e. The Morgan fingerprint density at radius 2 is 1.97 bits per heavy atom. The number of piperidine rings is 1. The van der Waals surface area contributed by atoms with E-state index in [4.69, 9.17) is 9.26 Å².